The zero-order chi connectivity index (χ0) is 19.6. The third-order valence-electron chi connectivity index (χ3n) is 4.76. The average Bonchev–Trinajstić information content (AvgIpc) is 2.65. The molecule has 5 nitrogen and oxygen atoms in total. The predicted molar refractivity (Wildman–Crippen MR) is 97.6 cm³/mol. The lowest BCUT2D eigenvalue weighted by molar-refractivity contribution is -0.120. The molecule has 0 aliphatic carbocycles. The summed E-state index contributed by atoms with van der Waals surface area (Å²) in [5.41, 5.74) is 1.68. The minimum atomic E-state index is -3.92. The van der Waals surface area contributed by atoms with Crippen LogP contribution in [0.2, 0.25) is 0 Å². The summed E-state index contributed by atoms with van der Waals surface area (Å²) in [4.78, 5) is 12.2. The van der Waals surface area contributed by atoms with E-state index < -0.39 is 21.7 Å². The Balaban J connectivity index is 1.65. The summed E-state index contributed by atoms with van der Waals surface area (Å²) < 4.78 is 52.8. The van der Waals surface area contributed by atoms with Gasteiger partial charge in [-0.1, -0.05) is 18.2 Å². The van der Waals surface area contributed by atoms with Gasteiger partial charge in [-0.2, -0.15) is 4.31 Å². The van der Waals surface area contributed by atoms with Crippen LogP contribution in [-0.2, 0) is 14.8 Å². The van der Waals surface area contributed by atoms with Gasteiger partial charge in [-0.15, -0.1) is 0 Å². The van der Waals surface area contributed by atoms with Crippen molar-refractivity contribution in [1.82, 2.24) is 4.31 Å². The van der Waals surface area contributed by atoms with Gasteiger partial charge in [0.1, 0.15) is 0 Å². The summed E-state index contributed by atoms with van der Waals surface area (Å²) in [5.74, 6) is -2.75. The van der Waals surface area contributed by atoms with Gasteiger partial charge in [0.05, 0.1) is 4.90 Å². The molecule has 1 aliphatic heterocycles. The Morgan fingerprint density at radius 1 is 1.07 bits per heavy atom. The molecule has 0 unspecified atom stereocenters. The second-order valence-corrected chi connectivity index (χ2v) is 8.50. The number of para-hydroxylation sites is 1. The number of hydrogen-bond donors (Lipinski definition) is 1. The lowest BCUT2D eigenvalue weighted by Gasteiger charge is -2.30. The van der Waals surface area contributed by atoms with E-state index in [1.165, 1.54) is 4.31 Å². The Hall–Kier alpha value is -2.32. The minimum absolute atomic E-state index is 0.144. The van der Waals surface area contributed by atoms with Crippen molar-refractivity contribution in [3.63, 3.8) is 0 Å². The molecule has 1 N–H and O–H groups in total. The van der Waals surface area contributed by atoms with E-state index in [1.54, 1.807) is 0 Å². The molecule has 3 rings (SSSR count). The fourth-order valence-corrected chi connectivity index (χ4v) is 4.57. The molecule has 0 atom stereocenters. The number of hydrogen-bond acceptors (Lipinski definition) is 3. The summed E-state index contributed by atoms with van der Waals surface area (Å²) in [6.07, 6.45) is 0.723. The number of carbonyl (C=O) groups is 1. The van der Waals surface area contributed by atoms with E-state index in [0.29, 0.717) is 18.9 Å². The molecule has 0 aromatic heterocycles. The van der Waals surface area contributed by atoms with E-state index >= 15 is 0 Å². The number of aryl methyl sites for hydroxylation is 1. The number of sulfonamides is 1. The molecule has 144 valence electrons. The maximum Gasteiger partial charge on any atom is 0.243 e. The Morgan fingerprint density at radius 2 is 1.74 bits per heavy atom. The number of halogens is 2. The molecular weight excluding hydrogens is 374 g/mol. The van der Waals surface area contributed by atoms with E-state index in [0.717, 1.165) is 23.4 Å². The van der Waals surface area contributed by atoms with Crippen LogP contribution >= 0.6 is 0 Å². The molecule has 27 heavy (non-hydrogen) atoms. The summed E-state index contributed by atoms with van der Waals surface area (Å²) in [6.45, 7) is 2.19. The van der Waals surface area contributed by atoms with Gasteiger partial charge >= 0.3 is 0 Å². The van der Waals surface area contributed by atoms with Crippen molar-refractivity contribution in [2.45, 2.75) is 24.7 Å². The summed E-state index contributed by atoms with van der Waals surface area (Å²) in [6, 6.07) is 9.95. The lowest BCUT2D eigenvalue weighted by Crippen LogP contribution is -2.41. The third-order valence-corrected chi connectivity index (χ3v) is 6.65. The van der Waals surface area contributed by atoms with Crippen LogP contribution in [0.15, 0.2) is 47.4 Å². The molecule has 1 saturated heterocycles. The summed E-state index contributed by atoms with van der Waals surface area (Å²) in [7, 11) is -3.92. The Bertz CT molecular complexity index is 955. The zero-order valence-electron chi connectivity index (χ0n) is 14.8. The normalized spacial score (nSPS) is 16.3. The molecule has 0 radical (unpaired) electrons. The molecule has 1 fully saturated rings. The van der Waals surface area contributed by atoms with E-state index in [-0.39, 0.29) is 29.8 Å². The van der Waals surface area contributed by atoms with Crippen molar-refractivity contribution < 1.29 is 22.0 Å². The number of rotatable bonds is 4. The van der Waals surface area contributed by atoms with Crippen LogP contribution in [0.3, 0.4) is 0 Å². The Kier molecular flexibility index (Phi) is 5.57. The second kappa shape index (κ2) is 7.74. The van der Waals surface area contributed by atoms with Crippen LogP contribution in [0.5, 0.6) is 0 Å². The molecule has 1 aliphatic rings. The third kappa shape index (κ3) is 4.17. The summed E-state index contributed by atoms with van der Waals surface area (Å²) in [5, 5.41) is 2.88. The lowest BCUT2D eigenvalue weighted by atomic mass is 9.97. The van der Waals surface area contributed by atoms with Gasteiger partial charge < -0.3 is 5.32 Å². The van der Waals surface area contributed by atoms with Crippen LogP contribution < -0.4 is 5.32 Å². The molecule has 1 amide bonds. The van der Waals surface area contributed by atoms with Crippen molar-refractivity contribution in [3.8, 4) is 0 Å². The van der Waals surface area contributed by atoms with E-state index in [9.17, 15) is 22.0 Å². The molecule has 1 heterocycles. The first-order valence-electron chi connectivity index (χ1n) is 8.61. The number of anilines is 1. The number of amides is 1. The second-order valence-electron chi connectivity index (χ2n) is 6.56. The average molecular weight is 394 g/mol. The number of piperidine rings is 1. The first-order chi connectivity index (χ1) is 12.8. The predicted octanol–water partition coefficient (Wildman–Crippen LogP) is 3.31. The number of nitrogens with zero attached hydrogens (tertiary/aromatic N) is 1. The Labute approximate surface area is 157 Å². The van der Waals surface area contributed by atoms with Crippen LogP contribution in [0.4, 0.5) is 14.5 Å². The maximum atomic E-state index is 13.4. The van der Waals surface area contributed by atoms with Crippen LogP contribution in [-0.4, -0.2) is 31.7 Å². The highest BCUT2D eigenvalue weighted by Gasteiger charge is 2.32. The molecule has 2 aromatic carbocycles. The van der Waals surface area contributed by atoms with Crippen molar-refractivity contribution in [3.05, 3.63) is 59.7 Å². The van der Waals surface area contributed by atoms with E-state index in [2.05, 4.69) is 5.32 Å². The standard InChI is InChI=1S/C19H20F2N2O3S/c1-13-4-2-3-5-18(13)22-19(24)14-8-10-23(11-9-14)27(25,26)15-6-7-16(20)17(21)12-15/h2-7,12,14H,8-11H2,1H3,(H,22,24). The van der Waals surface area contributed by atoms with Crippen molar-refractivity contribution in [2.75, 3.05) is 18.4 Å². The molecule has 0 spiro atoms. The van der Waals surface area contributed by atoms with E-state index in [1.807, 2.05) is 31.2 Å². The molecule has 8 heteroatoms. The molecular formula is C19H20F2N2O3S. The highest BCUT2D eigenvalue weighted by molar-refractivity contribution is 7.89. The van der Waals surface area contributed by atoms with Crippen molar-refractivity contribution >= 4 is 21.6 Å². The quantitative estimate of drug-likeness (QED) is 0.865. The number of benzene rings is 2. The van der Waals surface area contributed by atoms with Gasteiger partial charge in [0.2, 0.25) is 15.9 Å². The van der Waals surface area contributed by atoms with Crippen LogP contribution in [0.25, 0.3) is 0 Å². The van der Waals surface area contributed by atoms with E-state index in [4.69, 9.17) is 0 Å². The van der Waals surface area contributed by atoms with Gasteiger partial charge in [0, 0.05) is 24.7 Å². The molecule has 0 bridgehead atoms. The monoisotopic (exact) mass is 394 g/mol. The Morgan fingerprint density at radius 3 is 2.37 bits per heavy atom. The zero-order valence-corrected chi connectivity index (χ0v) is 15.6. The largest absolute Gasteiger partial charge is 0.326 e. The number of nitrogens with one attached hydrogen (secondary N) is 1. The van der Waals surface area contributed by atoms with Gasteiger partial charge in [0.25, 0.3) is 0 Å². The van der Waals surface area contributed by atoms with Crippen molar-refractivity contribution in [1.29, 1.82) is 0 Å². The van der Waals surface area contributed by atoms with Gasteiger partial charge in [0.15, 0.2) is 11.6 Å². The van der Waals surface area contributed by atoms with Gasteiger partial charge in [-0.3, -0.25) is 4.79 Å². The molecule has 2 aromatic rings. The van der Waals surface area contributed by atoms with Crippen LogP contribution in [0, 0.1) is 24.5 Å². The fourth-order valence-electron chi connectivity index (χ4n) is 3.09. The van der Waals surface area contributed by atoms with Crippen molar-refractivity contribution in [2.24, 2.45) is 5.92 Å². The number of carbonyl (C=O) groups excluding carboxylic acids is 1. The highest BCUT2D eigenvalue weighted by Crippen LogP contribution is 2.26. The first-order valence-corrected chi connectivity index (χ1v) is 10.0. The molecule has 0 saturated carbocycles. The smallest absolute Gasteiger partial charge is 0.243 e. The van der Waals surface area contributed by atoms with Crippen LogP contribution in [0.1, 0.15) is 18.4 Å². The van der Waals surface area contributed by atoms with Gasteiger partial charge in [-0.05, 0) is 49.6 Å². The summed E-state index contributed by atoms with van der Waals surface area (Å²) >= 11 is 0. The topological polar surface area (TPSA) is 66.5 Å². The van der Waals surface area contributed by atoms with Gasteiger partial charge in [-0.25, -0.2) is 17.2 Å². The maximum absolute atomic E-state index is 13.4. The highest BCUT2D eigenvalue weighted by atomic mass is 32.2. The SMILES string of the molecule is Cc1ccccc1NC(=O)C1CCN(S(=O)(=O)c2ccc(F)c(F)c2)CC1. The fraction of sp³-hybridized carbons (Fsp3) is 0.316. The first kappa shape index (κ1) is 19.4. The minimum Gasteiger partial charge on any atom is -0.326 e.